The molecule has 3 heteroatoms. The van der Waals surface area contributed by atoms with E-state index in [1.165, 1.54) is 12.8 Å². The molecule has 1 saturated heterocycles. The SMILES string of the molecule is CC(=O)c1ccc(N)c(N2CCCC2)c1. The van der Waals surface area contributed by atoms with Gasteiger partial charge in [-0.15, -0.1) is 0 Å². The molecular weight excluding hydrogens is 188 g/mol. The number of hydrogen-bond acceptors (Lipinski definition) is 3. The smallest absolute Gasteiger partial charge is 0.159 e. The maximum Gasteiger partial charge on any atom is 0.159 e. The van der Waals surface area contributed by atoms with Gasteiger partial charge in [-0.25, -0.2) is 0 Å². The van der Waals surface area contributed by atoms with Gasteiger partial charge in [0.2, 0.25) is 0 Å². The summed E-state index contributed by atoms with van der Waals surface area (Å²) < 4.78 is 0. The molecule has 80 valence electrons. The lowest BCUT2D eigenvalue weighted by Crippen LogP contribution is -2.19. The Morgan fingerprint density at radius 2 is 2.00 bits per heavy atom. The van der Waals surface area contributed by atoms with Crippen molar-refractivity contribution in [2.45, 2.75) is 19.8 Å². The average Bonchev–Trinajstić information content (AvgIpc) is 2.71. The summed E-state index contributed by atoms with van der Waals surface area (Å²) in [6.45, 7) is 3.68. The van der Waals surface area contributed by atoms with Gasteiger partial charge in [-0.3, -0.25) is 4.79 Å². The monoisotopic (exact) mass is 204 g/mol. The summed E-state index contributed by atoms with van der Waals surface area (Å²) in [4.78, 5) is 13.5. The first-order chi connectivity index (χ1) is 7.18. The van der Waals surface area contributed by atoms with Crippen molar-refractivity contribution in [2.24, 2.45) is 0 Å². The van der Waals surface area contributed by atoms with E-state index >= 15 is 0 Å². The fourth-order valence-corrected chi connectivity index (χ4v) is 1.99. The highest BCUT2D eigenvalue weighted by atomic mass is 16.1. The van der Waals surface area contributed by atoms with Gasteiger partial charge in [0, 0.05) is 18.7 Å². The molecule has 0 aliphatic carbocycles. The molecule has 0 bridgehead atoms. The molecule has 0 amide bonds. The third-order valence-electron chi connectivity index (χ3n) is 2.88. The van der Waals surface area contributed by atoms with Crippen LogP contribution in [-0.2, 0) is 0 Å². The van der Waals surface area contributed by atoms with E-state index in [1.807, 2.05) is 12.1 Å². The average molecular weight is 204 g/mol. The lowest BCUT2D eigenvalue weighted by molar-refractivity contribution is 0.101. The van der Waals surface area contributed by atoms with Gasteiger partial charge in [-0.1, -0.05) is 0 Å². The van der Waals surface area contributed by atoms with Gasteiger partial charge in [-0.05, 0) is 38.0 Å². The van der Waals surface area contributed by atoms with E-state index in [0.29, 0.717) is 0 Å². The van der Waals surface area contributed by atoms with Crippen molar-refractivity contribution in [1.82, 2.24) is 0 Å². The van der Waals surface area contributed by atoms with Crippen LogP contribution in [0.1, 0.15) is 30.1 Å². The molecular formula is C12H16N2O. The lowest BCUT2D eigenvalue weighted by atomic mass is 10.1. The number of anilines is 2. The van der Waals surface area contributed by atoms with Crippen LogP contribution in [0, 0.1) is 0 Å². The van der Waals surface area contributed by atoms with Gasteiger partial charge in [0.05, 0.1) is 11.4 Å². The molecule has 0 aromatic heterocycles. The van der Waals surface area contributed by atoms with Crippen molar-refractivity contribution in [2.75, 3.05) is 23.7 Å². The van der Waals surface area contributed by atoms with E-state index in [9.17, 15) is 4.79 Å². The number of Topliss-reactive ketones (excluding diaryl/α,β-unsaturated/α-hetero) is 1. The Morgan fingerprint density at radius 3 is 2.60 bits per heavy atom. The van der Waals surface area contributed by atoms with Crippen LogP contribution in [0.4, 0.5) is 11.4 Å². The standard InChI is InChI=1S/C12H16N2O/c1-9(15)10-4-5-11(13)12(8-10)14-6-2-3-7-14/h4-5,8H,2-3,6-7,13H2,1H3. The number of nitrogens with two attached hydrogens (primary N) is 1. The zero-order chi connectivity index (χ0) is 10.8. The third-order valence-corrected chi connectivity index (χ3v) is 2.88. The predicted octanol–water partition coefficient (Wildman–Crippen LogP) is 2.07. The van der Waals surface area contributed by atoms with E-state index in [1.54, 1.807) is 13.0 Å². The number of rotatable bonds is 2. The van der Waals surface area contributed by atoms with Crippen molar-refractivity contribution >= 4 is 17.2 Å². The van der Waals surface area contributed by atoms with Crippen LogP contribution in [0.2, 0.25) is 0 Å². The van der Waals surface area contributed by atoms with Crippen LogP contribution in [0.15, 0.2) is 18.2 Å². The Bertz CT molecular complexity index is 381. The molecule has 1 fully saturated rings. The zero-order valence-electron chi connectivity index (χ0n) is 8.99. The predicted molar refractivity (Wildman–Crippen MR) is 62.3 cm³/mol. The van der Waals surface area contributed by atoms with Crippen LogP contribution < -0.4 is 10.6 Å². The minimum atomic E-state index is 0.0930. The minimum Gasteiger partial charge on any atom is -0.397 e. The largest absolute Gasteiger partial charge is 0.397 e. The van der Waals surface area contributed by atoms with E-state index in [2.05, 4.69) is 4.90 Å². The first kappa shape index (κ1) is 10.0. The highest BCUT2D eigenvalue weighted by Gasteiger charge is 2.15. The summed E-state index contributed by atoms with van der Waals surface area (Å²) in [5.74, 6) is 0.0930. The molecule has 2 N–H and O–H groups in total. The van der Waals surface area contributed by atoms with Gasteiger partial charge in [-0.2, -0.15) is 0 Å². The summed E-state index contributed by atoms with van der Waals surface area (Å²) in [5.41, 5.74) is 8.44. The Hall–Kier alpha value is -1.51. The van der Waals surface area contributed by atoms with Crippen molar-refractivity contribution in [3.8, 4) is 0 Å². The Kier molecular flexibility index (Phi) is 2.62. The maximum absolute atomic E-state index is 11.3. The third kappa shape index (κ3) is 1.96. The number of nitrogen functional groups attached to an aromatic ring is 1. The minimum absolute atomic E-state index is 0.0930. The molecule has 1 aromatic carbocycles. The first-order valence-electron chi connectivity index (χ1n) is 5.34. The zero-order valence-corrected chi connectivity index (χ0v) is 8.99. The number of nitrogens with zero attached hydrogens (tertiary/aromatic N) is 1. The van der Waals surface area contributed by atoms with Crippen LogP contribution in [0.5, 0.6) is 0 Å². The van der Waals surface area contributed by atoms with E-state index < -0.39 is 0 Å². The maximum atomic E-state index is 11.3. The second-order valence-corrected chi connectivity index (χ2v) is 4.02. The van der Waals surface area contributed by atoms with Crippen molar-refractivity contribution in [1.29, 1.82) is 0 Å². The molecule has 0 spiro atoms. The van der Waals surface area contributed by atoms with Crippen LogP contribution in [0.25, 0.3) is 0 Å². The molecule has 1 aromatic rings. The van der Waals surface area contributed by atoms with E-state index in [-0.39, 0.29) is 5.78 Å². The van der Waals surface area contributed by atoms with Gasteiger partial charge < -0.3 is 10.6 Å². The molecule has 0 saturated carbocycles. The highest BCUT2D eigenvalue weighted by molar-refractivity contribution is 5.96. The number of benzene rings is 1. The van der Waals surface area contributed by atoms with Crippen molar-refractivity contribution in [3.05, 3.63) is 23.8 Å². The first-order valence-corrected chi connectivity index (χ1v) is 5.34. The summed E-state index contributed by atoms with van der Waals surface area (Å²) in [5, 5.41) is 0. The molecule has 1 aliphatic rings. The summed E-state index contributed by atoms with van der Waals surface area (Å²) >= 11 is 0. The molecule has 0 unspecified atom stereocenters. The fraction of sp³-hybridized carbons (Fsp3) is 0.417. The number of ketones is 1. The molecule has 1 aliphatic heterocycles. The molecule has 1 heterocycles. The lowest BCUT2D eigenvalue weighted by Gasteiger charge is -2.20. The second-order valence-electron chi connectivity index (χ2n) is 4.02. The Balaban J connectivity index is 2.35. The Labute approximate surface area is 89.9 Å². The summed E-state index contributed by atoms with van der Waals surface area (Å²) in [6, 6.07) is 5.52. The summed E-state index contributed by atoms with van der Waals surface area (Å²) in [7, 11) is 0. The van der Waals surface area contributed by atoms with Gasteiger partial charge >= 0.3 is 0 Å². The van der Waals surface area contributed by atoms with Gasteiger partial charge in [0.1, 0.15) is 0 Å². The van der Waals surface area contributed by atoms with E-state index in [0.717, 1.165) is 30.0 Å². The molecule has 15 heavy (non-hydrogen) atoms. The van der Waals surface area contributed by atoms with Gasteiger partial charge in [0.25, 0.3) is 0 Å². The van der Waals surface area contributed by atoms with Crippen LogP contribution in [0.3, 0.4) is 0 Å². The topological polar surface area (TPSA) is 46.3 Å². The number of carbonyl (C=O) groups is 1. The molecule has 0 radical (unpaired) electrons. The fourth-order valence-electron chi connectivity index (χ4n) is 1.99. The molecule has 3 nitrogen and oxygen atoms in total. The molecule has 2 rings (SSSR count). The number of hydrogen-bond donors (Lipinski definition) is 1. The highest BCUT2D eigenvalue weighted by Crippen LogP contribution is 2.27. The van der Waals surface area contributed by atoms with Crippen LogP contribution >= 0.6 is 0 Å². The van der Waals surface area contributed by atoms with Crippen molar-refractivity contribution in [3.63, 3.8) is 0 Å². The van der Waals surface area contributed by atoms with Crippen molar-refractivity contribution < 1.29 is 4.79 Å². The Morgan fingerprint density at radius 1 is 1.33 bits per heavy atom. The van der Waals surface area contributed by atoms with E-state index in [4.69, 9.17) is 5.73 Å². The quantitative estimate of drug-likeness (QED) is 0.592. The normalized spacial score (nSPS) is 15.7. The second kappa shape index (κ2) is 3.93. The summed E-state index contributed by atoms with van der Waals surface area (Å²) in [6.07, 6.45) is 2.42. The van der Waals surface area contributed by atoms with Crippen LogP contribution in [-0.4, -0.2) is 18.9 Å². The number of carbonyl (C=O) groups excluding carboxylic acids is 1. The molecule has 0 atom stereocenters. The van der Waals surface area contributed by atoms with Gasteiger partial charge in [0.15, 0.2) is 5.78 Å².